The van der Waals surface area contributed by atoms with E-state index in [2.05, 4.69) is 0 Å². The summed E-state index contributed by atoms with van der Waals surface area (Å²) in [5, 5.41) is 18.7. The average molecular weight is 239 g/mol. The van der Waals surface area contributed by atoms with Crippen molar-refractivity contribution < 1.29 is 19.7 Å². The molecule has 0 fully saturated rings. The monoisotopic (exact) mass is 239 g/mol. The summed E-state index contributed by atoms with van der Waals surface area (Å²) in [5.74, 6) is -0.741. The highest BCUT2D eigenvalue weighted by Gasteiger charge is 2.19. The quantitative estimate of drug-likeness (QED) is 0.728. The third-order valence-electron chi connectivity index (χ3n) is 2.81. The van der Waals surface area contributed by atoms with E-state index in [9.17, 15) is 9.90 Å². The number of phenolic OH excluding ortho intramolecular Hbond substituents is 1. The number of benzene rings is 1. The fraction of sp³-hybridized carbons (Fsp3) is 0.417. The molecule has 17 heavy (non-hydrogen) atoms. The summed E-state index contributed by atoms with van der Waals surface area (Å²) in [5.41, 5.74) is 7.66. The Morgan fingerprint density at radius 3 is 2.59 bits per heavy atom. The molecule has 5 heteroatoms. The molecule has 0 heterocycles. The molecule has 1 atom stereocenters. The fourth-order valence-electron chi connectivity index (χ4n) is 1.65. The van der Waals surface area contributed by atoms with Crippen LogP contribution in [0.4, 0.5) is 0 Å². The van der Waals surface area contributed by atoms with Crippen LogP contribution in [-0.2, 0) is 11.2 Å². The summed E-state index contributed by atoms with van der Waals surface area (Å²) in [7, 11) is 1.43. The van der Waals surface area contributed by atoms with Gasteiger partial charge in [-0.1, -0.05) is 6.07 Å². The van der Waals surface area contributed by atoms with Gasteiger partial charge < -0.3 is 20.7 Å². The smallest absolute Gasteiger partial charge is 0.320 e. The molecule has 0 bridgehead atoms. The molecule has 0 saturated heterocycles. The second-order valence-electron chi connectivity index (χ2n) is 4.01. The number of phenols is 1. The van der Waals surface area contributed by atoms with E-state index in [1.165, 1.54) is 7.11 Å². The summed E-state index contributed by atoms with van der Waals surface area (Å²) in [6.07, 6.45) is 0.118. The molecule has 5 nitrogen and oxygen atoms in total. The average Bonchev–Trinajstić information content (AvgIpc) is 2.26. The highest BCUT2D eigenvalue weighted by atomic mass is 16.5. The minimum Gasteiger partial charge on any atom is -0.504 e. The van der Waals surface area contributed by atoms with Crippen LogP contribution in [0.1, 0.15) is 16.7 Å². The van der Waals surface area contributed by atoms with E-state index in [1.54, 1.807) is 13.0 Å². The number of hydrogen-bond acceptors (Lipinski definition) is 4. The first-order valence-electron chi connectivity index (χ1n) is 5.22. The molecule has 4 N–H and O–H groups in total. The largest absolute Gasteiger partial charge is 0.504 e. The molecule has 0 spiro atoms. The van der Waals surface area contributed by atoms with Crippen molar-refractivity contribution in [1.29, 1.82) is 0 Å². The number of aliphatic carboxylic acids is 1. The number of ether oxygens (including phenoxy) is 1. The lowest BCUT2D eigenvalue weighted by atomic mass is 9.99. The number of carbonyl (C=O) groups is 1. The number of aryl methyl sites for hydroxylation is 1. The van der Waals surface area contributed by atoms with Crippen molar-refractivity contribution >= 4 is 5.97 Å². The molecule has 1 unspecified atom stereocenters. The summed E-state index contributed by atoms with van der Waals surface area (Å²) in [6.45, 7) is 3.61. The first-order valence-corrected chi connectivity index (χ1v) is 5.22. The summed E-state index contributed by atoms with van der Waals surface area (Å²) in [6, 6.07) is 0.779. The van der Waals surface area contributed by atoms with E-state index in [4.69, 9.17) is 15.6 Å². The normalized spacial score (nSPS) is 12.2. The van der Waals surface area contributed by atoms with Crippen LogP contribution >= 0.6 is 0 Å². The second-order valence-corrected chi connectivity index (χ2v) is 4.01. The molecule has 1 rings (SSSR count). The summed E-state index contributed by atoms with van der Waals surface area (Å²) >= 11 is 0. The van der Waals surface area contributed by atoms with E-state index in [1.807, 2.05) is 6.92 Å². The van der Waals surface area contributed by atoms with Gasteiger partial charge in [0.1, 0.15) is 6.04 Å². The van der Waals surface area contributed by atoms with Crippen LogP contribution < -0.4 is 10.5 Å². The van der Waals surface area contributed by atoms with Gasteiger partial charge in [-0.2, -0.15) is 0 Å². The van der Waals surface area contributed by atoms with Crippen molar-refractivity contribution in [3.05, 3.63) is 22.8 Å². The van der Waals surface area contributed by atoms with Crippen LogP contribution in [0.25, 0.3) is 0 Å². The Morgan fingerprint density at radius 2 is 2.12 bits per heavy atom. The summed E-state index contributed by atoms with van der Waals surface area (Å²) in [4.78, 5) is 10.7. The van der Waals surface area contributed by atoms with Gasteiger partial charge in [0.15, 0.2) is 11.5 Å². The highest BCUT2D eigenvalue weighted by Crippen LogP contribution is 2.35. The number of carboxylic acid groups (broad SMARTS) is 1. The Labute approximate surface area is 99.8 Å². The molecule has 0 aliphatic carbocycles. The molecule has 1 aromatic carbocycles. The maximum absolute atomic E-state index is 10.7. The van der Waals surface area contributed by atoms with E-state index in [0.29, 0.717) is 11.3 Å². The van der Waals surface area contributed by atoms with E-state index in [-0.39, 0.29) is 12.2 Å². The maximum atomic E-state index is 10.7. The van der Waals surface area contributed by atoms with E-state index in [0.717, 1.165) is 11.1 Å². The van der Waals surface area contributed by atoms with Gasteiger partial charge in [0.05, 0.1) is 7.11 Å². The van der Waals surface area contributed by atoms with Crippen LogP contribution in [-0.4, -0.2) is 29.3 Å². The first-order chi connectivity index (χ1) is 7.88. The topological polar surface area (TPSA) is 92.8 Å². The van der Waals surface area contributed by atoms with Gasteiger partial charge in [-0.25, -0.2) is 0 Å². The molecule has 94 valence electrons. The third-order valence-corrected chi connectivity index (χ3v) is 2.81. The van der Waals surface area contributed by atoms with Gasteiger partial charge in [-0.15, -0.1) is 0 Å². The lowest BCUT2D eigenvalue weighted by Gasteiger charge is -2.15. The van der Waals surface area contributed by atoms with Gasteiger partial charge >= 0.3 is 5.97 Å². The second kappa shape index (κ2) is 5.05. The van der Waals surface area contributed by atoms with Gasteiger partial charge in [-0.05, 0) is 25.0 Å². The molecule has 0 radical (unpaired) electrons. The van der Waals surface area contributed by atoms with Gasteiger partial charge in [-0.3, -0.25) is 4.79 Å². The molecular formula is C12H17NO4. The Balaban J connectivity index is 3.19. The Bertz CT molecular complexity index is 443. The number of aromatic hydroxyl groups is 1. The lowest BCUT2D eigenvalue weighted by molar-refractivity contribution is -0.138. The SMILES string of the molecule is COc1c(CC(N)C(=O)O)cc(C)c(C)c1O. The predicted octanol–water partition coefficient (Wildman–Crippen LogP) is 0.972. The van der Waals surface area contributed by atoms with Crippen LogP contribution in [0.15, 0.2) is 6.07 Å². The third kappa shape index (κ3) is 2.68. The lowest BCUT2D eigenvalue weighted by Crippen LogP contribution is -2.32. The molecule has 0 aliphatic heterocycles. The first kappa shape index (κ1) is 13.3. The number of carboxylic acids is 1. The molecule has 0 saturated carbocycles. The number of hydrogen-bond donors (Lipinski definition) is 3. The molecule has 0 aliphatic rings. The van der Waals surface area contributed by atoms with Gasteiger partial charge in [0, 0.05) is 12.0 Å². The highest BCUT2D eigenvalue weighted by molar-refractivity contribution is 5.74. The van der Waals surface area contributed by atoms with Crippen molar-refractivity contribution in [2.24, 2.45) is 5.73 Å². The van der Waals surface area contributed by atoms with Gasteiger partial charge in [0.2, 0.25) is 0 Å². The molecule has 0 amide bonds. The van der Waals surface area contributed by atoms with Crippen LogP contribution in [0, 0.1) is 13.8 Å². The van der Waals surface area contributed by atoms with Crippen molar-refractivity contribution in [3.63, 3.8) is 0 Å². The molecular weight excluding hydrogens is 222 g/mol. The van der Waals surface area contributed by atoms with E-state index < -0.39 is 12.0 Å². The minimum atomic E-state index is -1.08. The van der Waals surface area contributed by atoms with E-state index >= 15 is 0 Å². The fourth-order valence-corrected chi connectivity index (χ4v) is 1.65. The molecule has 0 aromatic heterocycles. The van der Waals surface area contributed by atoms with Crippen LogP contribution in [0.3, 0.4) is 0 Å². The number of methoxy groups -OCH3 is 1. The Morgan fingerprint density at radius 1 is 1.53 bits per heavy atom. The van der Waals surface area contributed by atoms with Crippen LogP contribution in [0.2, 0.25) is 0 Å². The Kier molecular flexibility index (Phi) is 3.96. The van der Waals surface area contributed by atoms with Gasteiger partial charge in [0.25, 0.3) is 0 Å². The minimum absolute atomic E-state index is 0.0417. The zero-order valence-electron chi connectivity index (χ0n) is 10.2. The molecule has 1 aromatic rings. The predicted molar refractivity (Wildman–Crippen MR) is 63.4 cm³/mol. The zero-order valence-corrected chi connectivity index (χ0v) is 10.2. The summed E-state index contributed by atoms with van der Waals surface area (Å²) < 4.78 is 5.09. The van der Waals surface area contributed by atoms with Crippen LogP contribution in [0.5, 0.6) is 11.5 Å². The standard InChI is InChI=1S/C12H17NO4/c1-6-4-8(5-9(13)12(15)16)11(17-3)10(14)7(6)2/h4,9,14H,5,13H2,1-3H3,(H,15,16). The zero-order chi connectivity index (χ0) is 13.2. The maximum Gasteiger partial charge on any atom is 0.320 e. The van der Waals surface area contributed by atoms with Crippen molar-refractivity contribution in [2.45, 2.75) is 26.3 Å². The van der Waals surface area contributed by atoms with Crippen molar-refractivity contribution in [1.82, 2.24) is 0 Å². The Hall–Kier alpha value is -1.75. The number of rotatable bonds is 4. The number of nitrogens with two attached hydrogens (primary N) is 1. The van der Waals surface area contributed by atoms with Crippen molar-refractivity contribution in [3.8, 4) is 11.5 Å². The van der Waals surface area contributed by atoms with Crippen molar-refractivity contribution in [2.75, 3.05) is 7.11 Å².